The molecule has 0 saturated carbocycles. The summed E-state index contributed by atoms with van der Waals surface area (Å²) in [4.78, 5) is 12.0. The molecule has 0 aliphatic carbocycles. The highest BCUT2D eigenvalue weighted by Crippen LogP contribution is 2.23. The van der Waals surface area contributed by atoms with Crippen molar-refractivity contribution in [2.24, 2.45) is 5.73 Å². The summed E-state index contributed by atoms with van der Waals surface area (Å²) < 4.78 is 0.774. The fourth-order valence-corrected chi connectivity index (χ4v) is 2.34. The molecule has 0 unspecified atom stereocenters. The molecule has 2 aromatic rings. The summed E-state index contributed by atoms with van der Waals surface area (Å²) in [5.74, 6) is -0.143. The second-order valence-electron chi connectivity index (χ2n) is 4.67. The Bertz CT molecular complexity index is 629. The van der Waals surface area contributed by atoms with E-state index < -0.39 is 0 Å². The summed E-state index contributed by atoms with van der Waals surface area (Å²) in [6.07, 6.45) is 0.865. The van der Waals surface area contributed by atoms with Crippen molar-refractivity contribution in [3.63, 3.8) is 0 Å². The van der Waals surface area contributed by atoms with Gasteiger partial charge in [-0.2, -0.15) is 0 Å². The van der Waals surface area contributed by atoms with Crippen molar-refractivity contribution in [3.8, 4) is 0 Å². The van der Waals surface area contributed by atoms with Gasteiger partial charge in [0.15, 0.2) is 0 Å². The van der Waals surface area contributed by atoms with Gasteiger partial charge in [0.25, 0.3) is 5.91 Å². The number of halogens is 2. The Morgan fingerprint density at radius 3 is 2.43 bits per heavy atom. The molecule has 0 atom stereocenters. The zero-order valence-electron chi connectivity index (χ0n) is 11.4. The first-order chi connectivity index (χ1) is 10.1. The maximum atomic E-state index is 12.0. The van der Waals surface area contributed by atoms with Crippen LogP contribution < -0.4 is 11.1 Å². The van der Waals surface area contributed by atoms with Crippen molar-refractivity contribution in [2.75, 3.05) is 6.54 Å². The van der Waals surface area contributed by atoms with Gasteiger partial charge >= 0.3 is 0 Å². The van der Waals surface area contributed by atoms with E-state index in [1.165, 1.54) is 5.56 Å². The molecular formula is C16H16BrClN2O. The molecule has 5 heteroatoms. The molecule has 1 amide bonds. The predicted octanol–water partition coefficient (Wildman–Crippen LogP) is 3.53. The standard InChI is InChI=1S/C16H16BrClN2O/c17-14-6-5-13(9-15(14)18)16(21)20-10-12-3-1-11(2-4-12)7-8-19/h1-6,9H,7-8,10,19H2,(H,20,21). The first-order valence-corrected chi connectivity index (χ1v) is 7.78. The molecule has 2 rings (SSSR count). The van der Waals surface area contributed by atoms with Crippen LogP contribution in [0.1, 0.15) is 21.5 Å². The first-order valence-electron chi connectivity index (χ1n) is 6.61. The number of carbonyl (C=O) groups excluding carboxylic acids is 1. The lowest BCUT2D eigenvalue weighted by atomic mass is 10.1. The lowest BCUT2D eigenvalue weighted by molar-refractivity contribution is 0.0951. The van der Waals surface area contributed by atoms with E-state index in [4.69, 9.17) is 17.3 Å². The molecule has 0 radical (unpaired) electrons. The predicted molar refractivity (Wildman–Crippen MR) is 89.5 cm³/mol. The van der Waals surface area contributed by atoms with Crippen molar-refractivity contribution in [1.29, 1.82) is 0 Å². The minimum Gasteiger partial charge on any atom is -0.348 e. The Kier molecular flexibility index (Phi) is 5.79. The van der Waals surface area contributed by atoms with E-state index in [0.717, 1.165) is 16.5 Å². The zero-order chi connectivity index (χ0) is 15.2. The molecule has 0 saturated heterocycles. The monoisotopic (exact) mass is 366 g/mol. The highest BCUT2D eigenvalue weighted by molar-refractivity contribution is 9.10. The van der Waals surface area contributed by atoms with Crippen LogP contribution in [-0.4, -0.2) is 12.5 Å². The molecule has 0 aromatic heterocycles. The molecule has 0 spiro atoms. The van der Waals surface area contributed by atoms with E-state index >= 15 is 0 Å². The number of rotatable bonds is 5. The number of hydrogen-bond donors (Lipinski definition) is 2. The number of nitrogens with one attached hydrogen (secondary N) is 1. The van der Waals surface area contributed by atoms with Gasteiger partial charge in [-0.25, -0.2) is 0 Å². The molecular weight excluding hydrogens is 352 g/mol. The second-order valence-corrected chi connectivity index (χ2v) is 5.93. The van der Waals surface area contributed by atoms with E-state index in [-0.39, 0.29) is 5.91 Å². The Labute approximate surface area is 137 Å². The zero-order valence-corrected chi connectivity index (χ0v) is 13.7. The highest BCUT2D eigenvalue weighted by Gasteiger charge is 2.07. The molecule has 0 fully saturated rings. The molecule has 0 aliphatic heterocycles. The number of benzene rings is 2. The van der Waals surface area contributed by atoms with Crippen LogP contribution >= 0.6 is 27.5 Å². The third kappa shape index (κ3) is 4.56. The average Bonchev–Trinajstić information content (AvgIpc) is 2.49. The Morgan fingerprint density at radius 2 is 1.81 bits per heavy atom. The summed E-state index contributed by atoms with van der Waals surface area (Å²) in [6.45, 7) is 1.12. The van der Waals surface area contributed by atoms with Crippen LogP contribution in [0, 0.1) is 0 Å². The Morgan fingerprint density at radius 1 is 1.14 bits per heavy atom. The smallest absolute Gasteiger partial charge is 0.251 e. The van der Waals surface area contributed by atoms with Crippen molar-refractivity contribution in [3.05, 3.63) is 68.7 Å². The van der Waals surface area contributed by atoms with Crippen LogP contribution in [0.3, 0.4) is 0 Å². The largest absolute Gasteiger partial charge is 0.348 e. The van der Waals surface area contributed by atoms with Crippen LogP contribution in [0.2, 0.25) is 5.02 Å². The quantitative estimate of drug-likeness (QED) is 0.849. The first kappa shape index (κ1) is 16.0. The van der Waals surface area contributed by atoms with E-state index in [2.05, 4.69) is 21.2 Å². The maximum Gasteiger partial charge on any atom is 0.251 e. The summed E-state index contributed by atoms with van der Waals surface area (Å²) >= 11 is 9.29. The molecule has 0 bridgehead atoms. The third-order valence-corrected chi connectivity index (χ3v) is 4.32. The van der Waals surface area contributed by atoms with Gasteiger partial charge in [-0.15, -0.1) is 0 Å². The van der Waals surface area contributed by atoms with Gasteiger partial charge < -0.3 is 11.1 Å². The Hall–Kier alpha value is -1.36. The molecule has 0 heterocycles. The summed E-state index contributed by atoms with van der Waals surface area (Å²) in [6, 6.07) is 13.2. The fourth-order valence-electron chi connectivity index (χ4n) is 1.91. The van der Waals surface area contributed by atoms with Crippen LogP contribution in [0.25, 0.3) is 0 Å². The van der Waals surface area contributed by atoms with Crippen LogP contribution in [0.5, 0.6) is 0 Å². The molecule has 110 valence electrons. The second kappa shape index (κ2) is 7.59. The van der Waals surface area contributed by atoms with Crippen LogP contribution in [0.15, 0.2) is 46.9 Å². The normalized spacial score (nSPS) is 10.4. The van der Waals surface area contributed by atoms with Crippen LogP contribution in [-0.2, 0) is 13.0 Å². The third-order valence-electron chi connectivity index (χ3n) is 3.09. The van der Waals surface area contributed by atoms with Crippen LogP contribution in [0.4, 0.5) is 0 Å². The van der Waals surface area contributed by atoms with Gasteiger partial charge in [-0.05, 0) is 58.2 Å². The topological polar surface area (TPSA) is 55.1 Å². The SMILES string of the molecule is NCCc1ccc(CNC(=O)c2ccc(Br)c(Cl)c2)cc1. The summed E-state index contributed by atoms with van der Waals surface area (Å²) in [7, 11) is 0. The van der Waals surface area contributed by atoms with Gasteiger partial charge in [0, 0.05) is 16.6 Å². The molecule has 3 nitrogen and oxygen atoms in total. The summed E-state index contributed by atoms with van der Waals surface area (Å²) in [5.41, 5.74) is 8.31. The van der Waals surface area contributed by atoms with E-state index in [9.17, 15) is 4.79 Å². The van der Waals surface area contributed by atoms with Gasteiger partial charge in [0.2, 0.25) is 0 Å². The molecule has 2 aromatic carbocycles. The van der Waals surface area contributed by atoms with Crippen molar-refractivity contribution in [1.82, 2.24) is 5.32 Å². The average molecular weight is 368 g/mol. The maximum absolute atomic E-state index is 12.0. The molecule has 0 aliphatic rings. The number of nitrogens with two attached hydrogens (primary N) is 1. The van der Waals surface area contributed by atoms with Gasteiger partial charge in [0.05, 0.1) is 5.02 Å². The lowest BCUT2D eigenvalue weighted by Gasteiger charge is -2.07. The number of hydrogen-bond acceptors (Lipinski definition) is 2. The van der Waals surface area contributed by atoms with E-state index in [1.54, 1.807) is 18.2 Å². The fraction of sp³-hybridized carbons (Fsp3) is 0.188. The lowest BCUT2D eigenvalue weighted by Crippen LogP contribution is -2.22. The number of amides is 1. The molecule has 3 N–H and O–H groups in total. The van der Waals surface area contributed by atoms with Gasteiger partial charge in [0.1, 0.15) is 0 Å². The summed E-state index contributed by atoms with van der Waals surface area (Å²) in [5, 5.41) is 3.40. The molecule has 21 heavy (non-hydrogen) atoms. The minimum atomic E-state index is -0.143. The Balaban J connectivity index is 1.95. The number of carbonyl (C=O) groups is 1. The minimum absolute atomic E-state index is 0.143. The van der Waals surface area contributed by atoms with Gasteiger partial charge in [-0.1, -0.05) is 35.9 Å². The van der Waals surface area contributed by atoms with Crippen molar-refractivity contribution < 1.29 is 4.79 Å². The van der Waals surface area contributed by atoms with E-state index in [1.807, 2.05) is 24.3 Å². The van der Waals surface area contributed by atoms with Crippen molar-refractivity contribution >= 4 is 33.4 Å². The van der Waals surface area contributed by atoms with Gasteiger partial charge in [-0.3, -0.25) is 4.79 Å². The highest BCUT2D eigenvalue weighted by atomic mass is 79.9. The van der Waals surface area contributed by atoms with E-state index in [0.29, 0.717) is 23.7 Å². The van der Waals surface area contributed by atoms with Crippen molar-refractivity contribution in [2.45, 2.75) is 13.0 Å².